The van der Waals surface area contributed by atoms with Crippen molar-refractivity contribution in [2.45, 2.75) is 251 Å². The zero-order valence-electron chi connectivity index (χ0n) is 47.9. The topological polar surface area (TPSA) is 155 Å². The van der Waals surface area contributed by atoms with Crippen LogP contribution in [0, 0.1) is 0 Å². The molecule has 2 N–H and O–H groups in total. The summed E-state index contributed by atoms with van der Waals surface area (Å²) in [7, 11) is -4.78. The second kappa shape index (κ2) is 57.3. The van der Waals surface area contributed by atoms with Crippen molar-refractivity contribution in [3.05, 3.63) is 109 Å². The number of phosphoric acid groups is 1. The SMILES string of the molecule is CC/C=C\C/C=C\C/C=C\C/C=C\C/C=C\C/C=C\CCC(=O)OC(COC(=O)CCCCCCC/C=C\C/C=C\CCC)COP(=O)(O)OCC(CO)OC(=O)CCCCCCCCC/C=C\CCCCCCCC. The van der Waals surface area contributed by atoms with Crippen LogP contribution in [0.3, 0.4) is 0 Å². The van der Waals surface area contributed by atoms with E-state index in [0.717, 1.165) is 109 Å². The summed E-state index contributed by atoms with van der Waals surface area (Å²) in [4.78, 5) is 48.5. The molecule has 0 spiro atoms. The molecule has 0 aliphatic heterocycles. The number of ether oxygens (including phenoxy) is 3. The van der Waals surface area contributed by atoms with Gasteiger partial charge >= 0.3 is 25.7 Å². The summed E-state index contributed by atoms with van der Waals surface area (Å²) in [6, 6.07) is 0. The third kappa shape index (κ3) is 54.9. The molecule has 0 saturated heterocycles. The van der Waals surface area contributed by atoms with E-state index >= 15 is 0 Å². The van der Waals surface area contributed by atoms with Crippen molar-refractivity contribution in [3.8, 4) is 0 Å². The minimum absolute atomic E-state index is 0.0345. The zero-order valence-corrected chi connectivity index (χ0v) is 48.8. The lowest BCUT2D eigenvalue weighted by Crippen LogP contribution is -2.30. The van der Waals surface area contributed by atoms with Crippen molar-refractivity contribution in [2.75, 3.05) is 26.4 Å². The predicted octanol–water partition coefficient (Wildman–Crippen LogP) is 17.8. The van der Waals surface area contributed by atoms with E-state index < -0.39 is 57.8 Å². The van der Waals surface area contributed by atoms with E-state index in [4.69, 9.17) is 23.3 Å². The van der Waals surface area contributed by atoms with Crippen molar-refractivity contribution in [1.29, 1.82) is 0 Å². The largest absolute Gasteiger partial charge is 0.472 e. The van der Waals surface area contributed by atoms with Crippen LogP contribution in [0.5, 0.6) is 0 Å². The second-order valence-electron chi connectivity index (χ2n) is 19.4. The van der Waals surface area contributed by atoms with E-state index in [9.17, 15) is 28.9 Å². The molecule has 76 heavy (non-hydrogen) atoms. The zero-order chi connectivity index (χ0) is 55.5. The Morgan fingerprint density at radius 1 is 0.382 bits per heavy atom. The van der Waals surface area contributed by atoms with E-state index in [1.54, 1.807) is 0 Å². The Labute approximate surface area is 463 Å². The van der Waals surface area contributed by atoms with Gasteiger partial charge in [0.15, 0.2) is 6.10 Å². The summed E-state index contributed by atoms with van der Waals surface area (Å²) in [5, 5.41) is 9.83. The summed E-state index contributed by atoms with van der Waals surface area (Å²) in [6.45, 7) is 4.36. The highest BCUT2D eigenvalue weighted by Gasteiger charge is 2.28. The number of carbonyl (C=O) groups is 3. The van der Waals surface area contributed by atoms with Gasteiger partial charge in [-0.05, 0) is 109 Å². The minimum atomic E-state index is -4.78. The number of unbranched alkanes of at least 4 members (excludes halogenated alkanes) is 19. The number of hydrogen-bond donors (Lipinski definition) is 2. The third-order valence-corrected chi connectivity index (χ3v) is 13.1. The number of carbonyl (C=O) groups excluding carboxylic acids is 3. The quantitative estimate of drug-likeness (QED) is 0.0197. The first-order valence-electron chi connectivity index (χ1n) is 29.8. The van der Waals surface area contributed by atoms with Crippen LogP contribution in [-0.4, -0.2) is 66.5 Å². The molecule has 0 heterocycles. The van der Waals surface area contributed by atoms with Gasteiger partial charge in [0.05, 0.1) is 19.8 Å². The lowest BCUT2D eigenvalue weighted by Gasteiger charge is -2.21. The van der Waals surface area contributed by atoms with E-state index in [2.05, 4.69) is 118 Å². The highest BCUT2D eigenvalue weighted by atomic mass is 31.2. The van der Waals surface area contributed by atoms with Gasteiger partial charge in [-0.3, -0.25) is 23.4 Å². The number of rotatable bonds is 54. The highest BCUT2D eigenvalue weighted by Crippen LogP contribution is 2.43. The van der Waals surface area contributed by atoms with Crippen LogP contribution in [0.2, 0.25) is 0 Å². The van der Waals surface area contributed by atoms with Crippen molar-refractivity contribution < 1.29 is 52.2 Å². The summed E-state index contributed by atoms with van der Waals surface area (Å²) in [5.74, 6) is -1.59. The number of esters is 3. The van der Waals surface area contributed by atoms with Gasteiger partial charge in [0.25, 0.3) is 0 Å². The number of aliphatic hydroxyl groups excluding tert-OH is 1. The standard InChI is InChI=1S/C64H107O11P/c1-4-7-10-13-16-19-22-25-27-29-30-32-34-37-40-43-46-49-52-55-64(68)75-61(57-71-62(66)53-50-47-44-41-38-35-24-21-18-15-12-9-6-3)59-73-76(69,70)72-58-60(56-65)74-63(67)54-51-48-45-42-39-36-33-31-28-26-23-20-17-14-11-8-5-2/h7,10,12,15-16,19,21,24-28,30,32,37,40,46,49,60-61,65H,4-6,8-9,11,13-14,17-18,20,22-23,29,31,33-36,38-39,41-45,47-48,50-59H2,1-3H3,(H,69,70)/b10-7-,15-12-,19-16-,24-21-,27-25-,28-26-,32-30-,40-37-,49-46-. The molecule has 12 heteroatoms. The smallest absolute Gasteiger partial charge is 0.462 e. The Balaban J connectivity index is 4.82. The molecule has 0 saturated carbocycles. The molecule has 0 fully saturated rings. The molecule has 0 aromatic heterocycles. The second-order valence-corrected chi connectivity index (χ2v) is 20.9. The minimum Gasteiger partial charge on any atom is -0.462 e. The fourth-order valence-corrected chi connectivity index (χ4v) is 8.43. The first-order chi connectivity index (χ1) is 37.2. The molecule has 0 aliphatic carbocycles. The third-order valence-electron chi connectivity index (χ3n) is 12.1. The molecule has 0 aromatic carbocycles. The Bertz CT molecular complexity index is 1690. The maximum absolute atomic E-state index is 12.9. The van der Waals surface area contributed by atoms with Gasteiger partial charge in [-0.25, -0.2) is 4.57 Å². The van der Waals surface area contributed by atoms with Gasteiger partial charge in [-0.2, -0.15) is 0 Å². The summed E-state index contributed by atoms with van der Waals surface area (Å²) in [5.41, 5.74) is 0. The summed E-state index contributed by atoms with van der Waals surface area (Å²) >= 11 is 0. The number of hydrogen-bond acceptors (Lipinski definition) is 10. The van der Waals surface area contributed by atoms with E-state index in [1.807, 2.05) is 12.2 Å². The van der Waals surface area contributed by atoms with Gasteiger partial charge in [-0.15, -0.1) is 0 Å². The molecule has 0 radical (unpaired) electrons. The van der Waals surface area contributed by atoms with E-state index in [-0.39, 0.29) is 25.9 Å². The van der Waals surface area contributed by atoms with Crippen LogP contribution in [0.15, 0.2) is 109 Å². The molecule has 0 rings (SSSR count). The molecule has 0 amide bonds. The Morgan fingerprint density at radius 3 is 1.20 bits per heavy atom. The van der Waals surface area contributed by atoms with Crippen molar-refractivity contribution in [2.24, 2.45) is 0 Å². The lowest BCUT2D eigenvalue weighted by molar-refractivity contribution is -0.161. The average molecular weight is 1080 g/mol. The van der Waals surface area contributed by atoms with Crippen molar-refractivity contribution in [3.63, 3.8) is 0 Å². The molecule has 0 aromatic rings. The maximum atomic E-state index is 12.9. The van der Waals surface area contributed by atoms with Crippen molar-refractivity contribution in [1.82, 2.24) is 0 Å². The Morgan fingerprint density at radius 2 is 0.737 bits per heavy atom. The maximum Gasteiger partial charge on any atom is 0.472 e. The molecule has 3 atom stereocenters. The highest BCUT2D eigenvalue weighted by molar-refractivity contribution is 7.47. The first-order valence-corrected chi connectivity index (χ1v) is 31.3. The first kappa shape index (κ1) is 72.1. The van der Waals surface area contributed by atoms with Gasteiger partial charge in [0.1, 0.15) is 12.7 Å². The molecule has 3 unspecified atom stereocenters. The molecule has 0 bridgehead atoms. The summed E-state index contributed by atoms with van der Waals surface area (Å²) < 4.78 is 39.4. The molecule has 11 nitrogen and oxygen atoms in total. The number of allylic oxidation sites excluding steroid dienone is 18. The fourth-order valence-electron chi connectivity index (χ4n) is 7.65. The number of phosphoric ester groups is 1. The van der Waals surface area contributed by atoms with Crippen molar-refractivity contribution >= 4 is 25.7 Å². The molecular weight excluding hydrogens is 976 g/mol. The normalized spacial score (nSPS) is 14.1. The van der Waals surface area contributed by atoms with Crippen LogP contribution in [0.4, 0.5) is 0 Å². The van der Waals surface area contributed by atoms with Crippen LogP contribution < -0.4 is 0 Å². The Kier molecular flexibility index (Phi) is 54.4. The van der Waals surface area contributed by atoms with E-state index in [0.29, 0.717) is 25.7 Å². The number of aliphatic hydroxyl groups is 1. The molecule has 0 aliphatic rings. The Hall–Kier alpha value is -3.86. The van der Waals surface area contributed by atoms with Gasteiger partial charge in [0, 0.05) is 19.3 Å². The predicted molar refractivity (Wildman–Crippen MR) is 316 cm³/mol. The average Bonchev–Trinajstić information content (AvgIpc) is 3.41. The van der Waals surface area contributed by atoms with Gasteiger partial charge in [-0.1, -0.05) is 220 Å². The lowest BCUT2D eigenvalue weighted by atomic mass is 10.1. The van der Waals surface area contributed by atoms with Crippen LogP contribution in [0.25, 0.3) is 0 Å². The summed E-state index contributed by atoms with van der Waals surface area (Å²) in [6.07, 6.45) is 69.2. The van der Waals surface area contributed by atoms with Crippen LogP contribution >= 0.6 is 7.82 Å². The fraction of sp³-hybridized carbons (Fsp3) is 0.672. The molecule has 434 valence electrons. The monoisotopic (exact) mass is 1080 g/mol. The van der Waals surface area contributed by atoms with Gasteiger partial charge < -0.3 is 24.2 Å². The van der Waals surface area contributed by atoms with Gasteiger partial charge in [0.2, 0.25) is 0 Å². The van der Waals surface area contributed by atoms with Crippen LogP contribution in [-0.2, 0) is 42.2 Å². The van der Waals surface area contributed by atoms with Crippen LogP contribution in [0.1, 0.15) is 239 Å². The molecular formula is C64H107O11P. The van der Waals surface area contributed by atoms with E-state index in [1.165, 1.54) is 64.2 Å².